The Hall–Kier alpha value is -0.900. The quantitative estimate of drug-likeness (QED) is 0.703. The van der Waals surface area contributed by atoms with Crippen molar-refractivity contribution in [1.82, 2.24) is 10.2 Å². The number of fused-ring (bicyclic) bond motifs is 2. The molecular weight excluding hydrogens is 212 g/mol. The van der Waals surface area contributed by atoms with Gasteiger partial charge in [0.15, 0.2) is 0 Å². The molecule has 1 aromatic rings. The van der Waals surface area contributed by atoms with Crippen LogP contribution in [0.5, 0.6) is 0 Å². The van der Waals surface area contributed by atoms with Crippen molar-refractivity contribution >= 4 is 0 Å². The zero-order valence-corrected chi connectivity index (χ0v) is 10.5. The van der Waals surface area contributed by atoms with Crippen LogP contribution in [0.2, 0.25) is 0 Å². The van der Waals surface area contributed by atoms with E-state index in [1.54, 1.807) is 0 Å². The van der Waals surface area contributed by atoms with Gasteiger partial charge in [0.2, 0.25) is 0 Å². The number of rotatable bonds is 0. The van der Waals surface area contributed by atoms with Crippen molar-refractivity contribution in [2.75, 3.05) is 6.54 Å². The van der Waals surface area contributed by atoms with Crippen molar-refractivity contribution in [2.24, 2.45) is 0 Å². The van der Waals surface area contributed by atoms with E-state index in [9.17, 15) is 5.11 Å². The van der Waals surface area contributed by atoms with Crippen molar-refractivity contribution in [2.45, 2.75) is 44.6 Å². The summed E-state index contributed by atoms with van der Waals surface area (Å²) >= 11 is 0. The van der Waals surface area contributed by atoms with Crippen LogP contribution in [0.3, 0.4) is 0 Å². The Morgan fingerprint density at radius 3 is 2.76 bits per heavy atom. The van der Waals surface area contributed by atoms with E-state index in [1.807, 2.05) is 0 Å². The van der Waals surface area contributed by atoms with Crippen LogP contribution in [0, 0.1) is 0 Å². The molecule has 2 N–H and O–H groups in total. The Morgan fingerprint density at radius 2 is 2.00 bits per heavy atom. The molecular formula is C14H20N2O. The standard InChI is InChI=1S/C14H20N2O/c1-14(2)15-8-13(17)12-7-10-5-3-4-6-11(10)9-16(12)14/h3-6,12-13,15,17H,7-9H2,1-2H3/t12-,13-/m1/s1. The molecule has 1 saturated heterocycles. The zero-order chi connectivity index (χ0) is 12.0. The van der Waals surface area contributed by atoms with Crippen molar-refractivity contribution in [1.29, 1.82) is 0 Å². The van der Waals surface area contributed by atoms with Gasteiger partial charge in [-0.2, -0.15) is 0 Å². The average Bonchev–Trinajstić information content (AvgIpc) is 2.33. The molecule has 2 aliphatic rings. The highest BCUT2D eigenvalue weighted by Crippen LogP contribution is 2.32. The Kier molecular flexibility index (Phi) is 2.51. The third kappa shape index (κ3) is 1.79. The summed E-state index contributed by atoms with van der Waals surface area (Å²) in [5.41, 5.74) is 2.76. The molecule has 0 radical (unpaired) electrons. The molecule has 3 rings (SSSR count). The molecule has 92 valence electrons. The van der Waals surface area contributed by atoms with Gasteiger partial charge in [0.1, 0.15) is 0 Å². The molecule has 0 bridgehead atoms. The molecule has 0 amide bonds. The normalized spacial score (nSPS) is 31.7. The summed E-state index contributed by atoms with van der Waals surface area (Å²) in [6.45, 7) is 6.01. The van der Waals surface area contributed by atoms with Gasteiger partial charge in [-0.05, 0) is 31.4 Å². The summed E-state index contributed by atoms with van der Waals surface area (Å²) in [5.74, 6) is 0. The van der Waals surface area contributed by atoms with Crippen molar-refractivity contribution in [3.8, 4) is 0 Å². The number of hydrogen-bond donors (Lipinski definition) is 2. The first-order valence-corrected chi connectivity index (χ1v) is 6.34. The number of aliphatic hydroxyl groups excluding tert-OH is 1. The van der Waals surface area contributed by atoms with Gasteiger partial charge in [0.05, 0.1) is 11.8 Å². The zero-order valence-electron chi connectivity index (χ0n) is 10.5. The number of hydrogen-bond acceptors (Lipinski definition) is 3. The van der Waals surface area contributed by atoms with Crippen LogP contribution < -0.4 is 5.32 Å². The first-order chi connectivity index (χ1) is 8.08. The summed E-state index contributed by atoms with van der Waals surface area (Å²) < 4.78 is 0. The van der Waals surface area contributed by atoms with Gasteiger partial charge in [-0.15, -0.1) is 0 Å². The van der Waals surface area contributed by atoms with Crippen LogP contribution in [0.25, 0.3) is 0 Å². The molecule has 2 heterocycles. The molecule has 3 nitrogen and oxygen atoms in total. The van der Waals surface area contributed by atoms with E-state index in [4.69, 9.17) is 0 Å². The molecule has 0 aromatic heterocycles. The fourth-order valence-electron chi connectivity index (χ4n) is 3.10. The summed E-state index contributed by atoms with van der Waals surface area (Å²) in [5, 5.41) is 13.6. The lowest BCUT2D eigenvalue weighted by Gasteiger charge is -2.52. The Labute approximate surface area is 102 Å². The highest BCUT2D eigenvalue weighted by Gasteiger charge is 2.43. The van der Waals surface area contributed by atoms with Crippen LogP contribution in [0.15, 0.2) is 24.3 Å². The smallest absolute Gasteiger partial charge is 0.0824 e. The number of benzene rings is 1. The van der Waals surface area contributed by atoms with Gasteiger partial charge in [0.25, 0.3) is 0 Å². The molecule has 1 fully saturated rings. The first-order valence-electron chi connectivity index (χ1n) is 6.34. The molecule has 0 unspecified atom stereocenters. The predicted octanol–water partition coefficient (Wildman–Crippen LogP) is 1.11. The summed E-state index contributed by atoms with van der Waals surface area (Å²) in [4.78, 5) is 2.39. The molecule has 0 spiro atoms. The number of nitrogens with one attached hydrogen (secondary N) is 1. The van der Waals surface area contributed by atoms with Crippen molar-refractivity contribution in [3.05, 3.63) is 35.4 Å². The van der Waals surface area contributed by atoms with Gasteiger partial charge in [0, 0.05) is 19.1 Å². The molecule has 2 aliphatic heterocycles. The SMILES string of the molecule is CC1(C)NC[C@@H](O)[C@H]2Cc3ccccc3CN21. The van der Waals surface area contributed by atoms with E-state index in [-0.39, 0.29) is 17.8 Å². The maximum Gasteiger partial charge on any atom is 0.0824 e. The fourth-order valence-corrected chi connectivity index (χ4v) is 3.10. The minimum absolute atomic E-state index is 0.0303. The Morgan fingerprint density at radius 1 is 1.29 bits per heavy atom. The second kappa shape index (κ2) is 3.80. The van der Waals surface area contributed by atoms with Gasteiger partial charge in [-0.25, -0.2) is 0 Å². The van der Waals surface area contributed by atoms with E-state index in [2.05, 4.69) is 48.3 Å². The molecule has 0 saturated carbocycles. The minimum atomic E-state index is -0.267. The predicted molar refractivity (Wildman–Crippen MR) is 67.6 cm³/mol. The van der Waals surface area contributed by atoms with E-state index in [0.29, 0.717) is 6.54 Å². The number of nitrogens with zero attached hydrogens (tertiary/aromatic N) is 1. The van der Waals surface area contributed by atoms with Gasteiger partial charge < -0.3 is 5.11 Å². The van der Waals surface area contributed by atoms with Gasteiger partial charge in [-0.3, -0.25) is 10.2 Å². The topological polar surface area (TPSA) is 35.5 Å². The van der Waals surface area contributed by atoms with Crippen molar-refractivity contribution < 1.29 is 5.11 Å². The maximum atomic E-state index is 10.2. The molecule has 2 atom stereocenters. The average molecular weight is 232 g/mol. The number of aliphatic hydroxyl groups is 1. The van der Waals surface area contributed by atoms with Gasteiger partial charge >= 0.3 is 0 Å². The third-order valence-electron chi connectivity index (χ3n) is 4.19. The second-order valence-corrected chi connectivity index (χ2v) is 5.68. The van der Waals surface area contributed by atoms with Crippen LogP contribution in [-0.4, -0.2) is 34.4 Å². The maximum absolute atomic E-state index is 10.2. The highest BCUT2D eigenvalue weighted by atomic mass is 16.3. The first kappa shape index (κ1) is 11.2. The lowest BCUT2D eigenvalue weighted by atomic mass is 9.86. The van der Waals surface area contributed by atoms with Crippen LogP contribution in [0.4, 0.5) is 0 Å². The second-order valence-electron chi connectivity index (χ2n) is 5.68. The van der Waals surface area contributed by atoms with Crippen molar-refractivity contribution in [3.63, 3.8) is 0 Å². The summed E-state index contributed by atoms with van der Waals surface area (Å²) in [6, 6.07) is 8.82. The van der Waals surface area contributed by atoms with E-state index in [1.165, 1.54) is 11.1 Å². The van der Waals surface area contributed by atoms with Gasteiger partial charge in [-0.1, -0.05) is 24.3 Å². The highest BCUT2D eigenvalue weighted by molar-refractivity contribution is 5.31. The van der Waals surface area contributed by atoms with E-state index >= 15 is 0 Å². The van der Waals surface area contributed by atoms with Crippen LogP contribution in [0.1, 0.15) is 25.0 Å². The van der Waals surface area contributed by atoms with E-state index in [0.717, 1.165) is 13.0 Å². The summed E-state index contributed by atoms with van der Waals surface area (Å²) in [6.07, 6.45) is 0.694. The Bertz CT molecular complexity index is 430. The lowest BCUT2D eigenvalue weighted by Crippen LogP contribution is -2.69. The van der Waals surface area contributed by atoms with Crippen LogP contribution >= 0.6 is 0 Å². The van der Waals surface area contributed by atoms with E-state index < -0.39 is 0 Å². The fraction of sp³-hybridized carbons (Fsp3) is 0.571. The lowest BCUT2D eigenvalue weighted by molar-refractivity contribution is -0.0749. The monoisotopic (exact) mass is 232 g/mol. The third-order valence-corrected chi connectivity index (χ3v) is 4.19. The Balaban J connectivity index is 1.98. The molecule has 1 aromatic carbocycles. The largest absolute Gasteiger partial charge is 0.390 e. The molecule has 0 aliphatic carbocycles. The molecule has 3 heteroatoms. The summed E-state index contributed by atoms with van der Waals surface area (Å²) in [7, 11) is 0. The molecule has 17 heavy (non-hydrogen) atoms. The number of β-amino-alcohol motifs (C(OH)–C–C–N with tert-alkyl or cyclic N) is 1. The minimum Gasteiger partial charge on any atom is -0.390 e. The van der Waals surface area contributed by atoms with Crippen LogP contribution in [-0.2, 0) is 13.0 Å².